The number of aromatic nitrogens is 1. The Bertz CT molecular complexity index is 1450. The van der Waals surface area contributed by atoms with Crippen molar-refractivity contribution in [3.63, 3.8) is 0 Å². The zero-order valence-corrected chi connectivity index (χ0v) is 20.5. The fourth-order valence-corrected chi connectivity index (χ4v) is 5.02. The van der Waals surface area contributed by atoms with Gasteiger partial charge in [-0.25, -0.2) is 9.37 Å². The third kappa shape index (κ3) is 4.43. The highest BCUT2D eigenvalue weighted by Crippen LogP contribution is 2.38. The molecule has 5 rings (SSSR count). The van der Waals surface area contributed by atoms with E-state index >= 15 is 0 Å². The second kappa shape index (κ2) is 9.21. The van der Waals surface area contributed by atoms with Gasteiger partial charge in [-0.2, -0.15) is 0 Å². The number of halogens is 1. The minimum atomic E-state index is -0.331. The number of rotatable bonds is 4. The molecule has 0 saturated heterocycles. The van der Waals surface area contributed by atoms with Crippen LogP contribution in [0.2, 0.25) is 0 Å². The minimum absolute atomic E-state index is 0.0279. The fraction of sp³-hybridized carbons (Fsp3) is 0.300. The van der Waals surface area contributed by atoms with Crippen molar-refractivity contribution in [2.75, 3.05) is 13.6 Å². The van der Waals surface area contributed by atoms with Crippen molar-refractivity contribution in [1.29, 1.82) is 0 Å². The topological polar surface area (TPSA) is 45.6 Å². The van der Waals surface area contributed by atoms with E-state index in [0.29, 0.717) is 34.8 Å². The zero-order valence-electron chi connectivity index (χ0n) is 20.5. The molecule has 1 fully saturated rings. The highest BCUT2D eigenvalue weighted by atomic mass is 19.1. The number of aliphatic imine (C=N–C) groups is 1. The molecule has 2 aliphatic rings. The molecule has 1 atom stereocenters. The van der Waals surface area contributed by atoms with Crippen LogP contribution in [0.25, 0.3) is 12.7 Å². The first-order chi connectivity index (χ1) is 16.9. The molecule has 5 heteroatoms. The van der Waals surface area contributed by atoms with Crippen LogP contribution in [0.3, 0.4) is 0 Å². The fourth-order valence-electron chi connectivity index (χ4n) is 5.02. The van der Waals surface area contributed by atoms with E-state index < -0.39 is 0 Å². The van der Waals surface area contributed by atoms with Crippen LogP contribution < -0.4 is 10.6 Å². The average Bonchev–Trinajstić information content (AvgIpc) is 3.69. The summed E-state index contributed by atoms with van der Waals surface area (Å²) in [6.07, 6.45) is 4.74. The lowest BCUT2D eigenvalue weighted by Crippen LogP contribution is -2.41. The highest BCUT2D eigenvalue weighted by molar-refractivity contribution is 6.20. The van der Waals surface area contributed by atoms with Gasteiger partial charge in [0.15, 0.2) is 0 Å². The van der Waals surface area contributed by atoms with Crippen molar-refractivity contribution in [1.82, 2.24) is 9.88 Å². The maximum atomic E-state index is 14.7. The van der Waals surface area contributed by atoms with E-state index in [9.17, 15) is 9.18 Å². The van der Waals surface area contributed by atoms with Crippen molar-refractivity contribution in [2.45, 2.75) is 45.1 Å². The third-order valence-corrected chi connectivity index (χ3v) is 7.20. The number of carbonyl (C=O) groups is 1. The van der Waals surface area contributed by atoms with Crippen LogP contribution >= 0.6 is 0 Å². The Balaban J connectivity index is 1.58. The van der Waals surface area contributed by atoms with E-state index in [0.717, 1.165) is 35.6 Å². The number of amides is 1. The van der Waals surface area contributed by atoms with Crippen LogP contribution in [0.15, 0.2) is 53.5 Å². The zero-order chi connectivity index (χ0) is 24.7. The van der Waals surface area contributed by atoms with Gasteiger partial charge in [-0.1, -0.05) is 36.9 Å². The first kappa shape index (κ1) is 23.2. The van der Waals surface area contributed by atoms with Crippen LogP contribution in [0.4, 0.5) is 4.39 Å². The standard InChI is InChI=1S/C30H30FN3O/c1-18-9-12-24(26(31)15-18)28(32-4)17-27-19(2)25(22-10-11-22)16-29(33-27)30(35)34-14-13-21-7-5-6-8-23(21)20(34)3/h5-9,12,15-17,20,22H,2,10-11,13-14H2,1,3-4H3/b27-17+,32-28?/t20-/m1/s1. The molecule has 1 saturated carbocycles. The van der Waals surface area contributed by atoms with Crippen LogP contribution in [0.1, 0.15) is 70.0 Å². The Kier molecular flexibility index (Phi) is 6.10. The van der Waals surface area contributed by atoms with Crippen molar-refractivity contribution >= 4 is 24.3 Å². The molecule has 1 aliphatic heterocycles. The monoisotopic (exact) mass is 467 g/mol. The number of hydrogen-bond donors (Lipinski definition) is 0. The molecule has 0 unspecified atom stereocenters. The Morgan fingerprint density at radius 3 is 2.66 bits per heavy atom. The lowest BCUT2D eigenvalue weighted by molar-refractivity contribution is 0.0671. The number of pyridine rings is 1. The molecule has 1 amide bonds. The average molecular weight is 468 g/mol. The number of carbonyl (C=O) groups excluding carboxylic acids is 1. The number of benzene rings is 2. The predicted molar refractivity (Wildman–Crippen MR) is 139 cm³/mol. The van der Waals surface area contributed by atoms with Crippen molar-refractivity contribution < 1.29 is 9.18 Å². The molecule has 0 N–H and O–H groups in total. The lowest BCUT2D eigenvalue weighted by Gasteiger charge is -2.35. The number of hydrogen-bond acceptors (Lipinski definition) is 3. The van der Waals surface area contributed by atoms with Gasteiger partial charge in [0.25, 0.3) is 5.91 Å². The van der Waals surface area contributed by atoms with E-state index in [1.54, 1.807) is 19.2 Å². The van der Waals surface area contributed by atoms with Gasteiger partial charge in [0.05, 0.1) is 17.1 Å². The summed E-state index contributed by atoms with van der Waals surface area (Å²) in [5.74, 6) is -0.0233. The molecule has 3 aromatic rings. The van der Waals surface area contributed by atoms with Gasteiger partial charge in [0, 0.05) is 19.2 Å². The molecule has 178 valence electrons. The van der Waals surface area contributed by atoms with Crippen molar-refractivity contribution in [3.05, 3.63) is 98.4 Å². The van der Waals surface area contributed by atoms with Gasteiger partial charge in [-0.15, -0.1) is 0 Å². The summed E-state index contributed by atoms with van der Waals surface area (Å²) in [7, 11) is 1.64. The van der Waals surface area contributed by atoms with Gasteiger partial charge in [-0.3, -0.25) is 9.79 Å². The van der Waals surface area contributed by atoms with E-state index in [2.05, 4.69) is 30.6 Å². The molecule has 0 bridgehead atoms. The largest absolute Gasteiger partial charge is 0.330 e. The van der Waals surface area contributed by atoms with Gasteiger partial charge < -0.3 is 4.90 Å². The van der Waals surface area contributed by atoms with E-state index in [1.165, 1.54) is 17.2 Å². The summed E-state index contributed by atoms with van der Waals surface area (Å²) in [6, 6.07) is 15.3. The number of fused-ring (bicyclic) bond motifs is 1. The molecular weight excluding hydrogens is 437 g/mol. The smallest absolute Gasteiger partial charge is 0.272 e. The molecular formula is C30H30FN3O. The summed E-state index contributed by atoms with van der Waals surface area (Å²) in [4.78, 5) is 24.7. The minimum Gasteiger partial charge on any atom is -0.330 e. The first-order valence-electron chi connectivity index (χ1n) is 12.2. The van der Waals surface area contributed by atoms with Gasteiger partial charge >= 0.3 is 0 Å². The SMILES string of the molecule is C=c1c(C2CC2)cc(C(=O)N2CCc3ccccc3[C@H]2C)n/c1=C/C(=NC)c1ccc(C)cc1F. The predicted octanol–water partition coefficient (Wildman–Crippen LogP) is 4.48. The van der Waals surface area contributed by atoms with E-state index in [1.807, 2.05) is 36.1 Å². The maximum absolute atomic E-state index is 14.7. The Morgan fingerprint density at radius 1 is 1.17 bits per heavy atom. The maximum Gasteiger partial charge on any atom is 0.272 e. The van der Waals surface area contributed by atoms with E-state index in [-0.39, 0.29) is 17.8 Å². The molecule has 0 radical (unpaired) electrons. The van der Waals surface area contributed by atoms with Gasteiger partial charge in [0.2, 0.25) is 0 Å². The Morgan fingerprint density at radius 2 is 1.94 bits per heavy atom. The summed E-state index contributed by atoms with van der Waals surface area (Å²) in [5, 5.41) is 1.36. The molecule has 0 spiro atoms. The van der Waals surface area contributed by atoms with Gasteiger partial charge in [0.1, 0.15) is 11.5 Å². The highest BCUT2D eigenvalue weighted by Gasteiger charge is 2.31. The lowest BCUT2D eigenvalue weighted by atomic mass is 9.93. The van der Waals surface area contributed by atoms with Crippen molar-refractivity contribution in [2.24, 2.45) is 4.99 Å². The molecule has 35 heavy (non-hydrogen) atoms. The van der Waals surface area contributed by atoms with Crippen LogP contribution in [-0.2, 0) is 6.42 Å². The molecule has 1 aromatic heterocycles. The number of nitrogens with zero attached hydrogens (tertiary/aromatic N) is 3. The summed E-state index contributed by atoms with van der Waals surface area (Å²) < 4.78 is 14.7. The molecule has 1 aliphatic carbocycles. The normalized spacial score (nSPS) is 18.5. The summed E-state index contributed by atoms with van der Waals surface area (Å²) in [6.45, 7) is 8.87. The van der Waals surface area contributed by atoms with Crippen molar-refractivity contribution in [3.8, 4) is 0 Å². The second-order valence-electron chi connectivity index (χ2n) is 9.59. The quantitative estimate of drug-likeness (QED) is 0.532. The second-order valence-corrected chi connectivity index (χ2v) is 9.59. The number of aryl methyl sites for hydroxylation is 1. The van der Waals surface area contributed by atoms with Crippen LogP contribution in [0.5, 0.6) is 0 Å². The molecule has 2 heterocycles. The van der Waals surface area contributed by atoms with E-state index in [4.69, 9.17) is 4.98 Å². The summed E-state index contributed by atoms with van der Waals surface area (Å²) in [5.41, 5.74) is 5.68. The molecule has 4 nitrogen and oxygen atoms in total. The first-order valence-corrected chi connectivity index (χ1v) is 12.2. The van der Waals surface area contributed by atoms with Crippen LogP contribution in [0, 0.1) is 12.7 Å². The Hall–Kier alpha value is -3.60. The van der Waals surface area contributed by atoms with Crippen LogP contribution in [-0.4, -0.2) is 35.1 Å². The molecule has 2 aromatic carbocycles. The third-order valence-electron chi connectivity index (χ3n) is 7.20. The van der Waals surface area contributed by atoms with Gasteiger partial charge in [-0.05, 0) is 90.8 Å². The Labute approximate surface area is 205 Å². The summed E-state index contributed by atoms with van der Waals surface area (Å²) >= 11 is 0.